The highest BCUT2D eigenvalue weighted by atomic mass is 32.2. The van der Waals surface area contributed by atoms with E-state index in [4.69, 9.17) is 22.7 Å². The summed E-state index contributed by atoms with van der Waals surface area (Å²) in [6.45, 7) is 2.92. The van der Waals surface area contributed by atoms with Gasteiger partial charge in [-0.1, -0.05) is 44.5 Å². The van der Waals surface area contributed by atoms with E-state index in [-0.39, 0.29) is 0 Å². The molecule has 0 spiro atoms. The number of hydrogen-bond donors (Lipinski definition) is 1. The van der Waals surface area contributed by atoms with Crippen molar-refractivity contribution in [2.75, 3.05) is 12.4 Å². The summed E-state index contributed by atoms with van der Waals surface area (Å²) in [5, 5.41) is 0. The van der Waals surface area contributed by atoms with Crippen molar-refractivity contribution in [2.24, 2.45) is 11.7 Å². The minimum absolute atomic E-state index is 0.431. The van der Waals surface area contributed by atoms with Crippen LogP contribution in [0.3, 0.4) is 0 Å². The third-order valence-electron chi connectivity index (χ3n) is 3.73. The van der Waals surface area contributed by atoms with E-state index in [1.807, 2.05) is 12.1 Å². The van der Waals surface area contributed by atoms with Crippen LogP contribution in [0.5, 0.6) is 5.75 Å². The maximum atomic E-state index is 6.04. The molecule has 0 radical (unpaired) electrons. The van der Waals surface area contributed by atoms with Gasteiger partial charge in [-0.15, -0.1) is 11.8 Å². The van der Waals surface area contributed by atoms with Crippen LogP contribution >= 0.6 is 24.0 Å². The molecule has 1 aliphatic carbocycles. The first-order valence-electron chi connectivity index (χ1n) is 7.40. The van der Waals surface area contributed by atoms with Gasteiger partial charge in [0, 0.05) is 4.90 Å². The topological polar surface area (TPSA) is 35.2 Å². The molecule has 0 amide bonds. The minimum atomic E-state index is 0.431. The molecule has 1 aromatic carbocycles. The van der Waals surface area contributed by atoms with Gasteiger partial charge in [0.1, 0.15) is 10.7 Å². The number of hydrogen-bond acceptors (Lipinski definition) is 3. The predicted molar refractivity (Wildman–Crippen MR) is 90.8 cm³/mol. The molecular formula is C16H23NOS2. The molecule has 0 bridgehead atoms. The minimum Gasteiger partial charge on any atom is -0.493 e. The lowest BCUT2D eigenvalue weighted by atomic mass is 9.90. The van der Waals surface area contributed by atoms with Crippen molar-refractivity contribution >= 4 is 29.0 Å². The average Bonchev–Trinajstić information content (AvgIpc) is 2.46. The molecule has 2 N–H and O–H groups in total. The quantitative estimate of drug-likeness (QED) is 0.624. The molecule has 110 valence electrons. The van der Waals surface area contributed by atoms with E-state index in [0.717, 1.165) is 28.6 Å². The van der Waals surface area contributed by atoms with Crippen LogP contribution in [0.1, 0.15) is 44.6 Å². The second kappa shape index (κ2) is 7.89. The molecule has 1 fully saturated rings. The Morgan fingerprint density at radius 2 is 2.10 bits per heavy atom. The molecule has 0 heterocycles. The fourth-order valence-corrected chi connectivity index (χ4v) is 3.83. The van der Waals surface area contributed by atoms with Gasteiger partial charge in [-0.2, -0.15) is 0 Å². The molecule has 2 nitrogen and oxygen atoms in total. The Balaban J connectivity index is 2.09. The summed E-state index contributed by atoms with van der Waals surface area (Å²) in [7, 11) is 0. The van der Waals surface area contributed by atoms with E-state index < -0.39 is 0 Å². The fourth-order valence-electron chi connectivity index (χ4n) is 2.71. The van der Waals surface area contributed by atoms with E-state index in [2.05, 4.69) is 13.0 Å². The van der Waals surface area contributed by atoms with Gasteiger partial charge in [-0.3, -0.25) is 0 Å². The van der Waals surface area contributed by atoms with Gasteiger partial charge in [0.25, 0.3) is 0 Å². The van der Waals surface area contributed by atoms with Gasteiger partial charge >= 0.3 is 0 Å². The monoisotopic (exact) mass is 309 g/mol. The molecule has 20 heavy (non-hydrogen) atoms. The van der Waals surface area contributed by atoms with Crippen LogP contribution in [0.15, 0.2) is 23.1 Å². The van der Waals surface area contributed by atoms with Crippen LogP contribution in [0.2, 0.25) is 0 Å². The summed E-state index contributed by atoms with van der Waals surface area (Å²) < 4.78 is 6.04. The number of benzene rings is 1. The fraction of sp³-hybridized carbons (Fsp3) is 0.562. The van der Waals surface area contributed by atoms with E-state index in [9.17, 15) is 0 Å². The normalized spacial score (nSPS) is 16.1. The Hall–Kier alpha value is -0.740. The van der Waals surface area contributed by atoms with Crippen molar-refractivity contribution in [2.45, 2.75) is 43.9 Å². The van der Waals surface area contributed by atoms with Crippen LogP contribution in [0, 0.1) is 5.92 Å². The van der Waals surface area contributed by atoms with Crippen molar-refractivity contribution in [1.82, 2.24) is 0 Å². The highest BCUT2D eigenvalue weighted by molar-refractivity contribution is 7.99. The number of ether oxygens (including phenoxy) is 1. The van der Waals surface area contributed by atoms with E-state index in [1.54, 1.807) is 11.8 Å². The summed E-state index contributed by atoms with van der Waals surface area (Å²) in [5.41, 5.74) is 6.80. The lowest BCUT2D eigenvalue weighted by Crippen LogP contribution is -2.18. The highest BCUT2D eigenvalue weighted by Crippen LogP contribution is 2.31. The third kappa shape index (κ3) is 4.13. The Labute approximate surface area is 131 Å². The Bertz CT molecular complexity index is 456. The summed E-state index contributed by atoms with van der Waals surface area (Å²) in [5.74, 6) is 2.54. The van der Waals surface area contributed by atoms with Gasteiger partial charge in [0.15, 0.2) is 0 Å². The van der Waals surface area contributed by atoms with Gasteiger partial charge in [0.05, 0.1) is 12.2 Å². The van der Waals surface area contributed by atoms with Crippen molar-refractivity contribution in [1.29, 1.82) is 0 Å². The van der Waals surface area contributed by atoms with Gasteiger partial charge in [0.2, 0.25) is 0 Å². The van der Waals surface area contributed by atoms with Crippen LogP contribution in [0.25, 0.3) is 0 Å². The third-order valence-corrected chi connectivity index (χ3v) is 4.88. The maximum absolute atomic E-state index is 6.04. The largest absolute Gasteiger partial charge is 0.493 e. The zero-order chi connectivity index (χ0) is 14.4. The first kappa shape index (κ1) is 15.6. The average molecular weight is 309 g/mol. The lowest BCUT2D eigenvalue weighted by molar-refractivity contribution is 0.208. The SMILES string of the molecule is CCSc1cccc(OCC2CCCCC2)c1C(N)=S. The van der Waals surface area contributed by atoms with Crippen LogP contribution < -0.4 is 10.5 Å². The molecule has 1 aromatic rings. The van der Waals surface area contributed by atoms with Crippen molar-refractivity contribution in [3.8, 4) is 5.75 Å². The molecule has 0 atom stereocenters. The summed E-state index contributed by atoms with van der Waals surface area (Å²) in [4.78, 5) is 1.56. The lowest BCUT2D eigenvalue weighted by Gasteiger charge is -2.22. The Kier molecular flexibility index (Phi) is 6.17. The van der Waals surface area contributed by atoms with E-state index >= 15 is 0 Å². The molecule has 2 rings (SSSR count). The molecular weight excluding hydrogens is 286 g/mol. The number of thiocarbonyl (C=S) groups is 1. The summed E-state index contributed by atoms with van der Waals surface area (Å²) in [6, 6.07) is 6.07. The molecule has 0 saturated heterocycles. The summed E-state index contributed by atoms with van der Waals surface area (Å²) >= 11 is 6.96. The van der Waals surface area contributed by atoms with E-state index in [0.29, 0.717) is 10.9 Å². The van der Waals surface area contributed by atoms with Crippen molar-refractivity contribution < 1.29 is 4.74 Å². The van der Waals surface area contributed by atoms with Gasteiger partial charge < -0.3 is 10.5 Å². The molecule has 1 aliphatic rings. The zero-order valence-electron chi connectivity index (χ0n) is 12.1. The van der Waals surface area contributed by atoms with Crippen LogP contribution in [0.4, 0.5) is 0 Å². The van der Waals surface area contributed by atoms with Gasteiger partial charge in [-0.25, -0.2) is 0 Å². The predicted octanol–water partition coefficient (Wildman–Crippen LogP) is 4.39. The number of nitrogens with two attached hydrogens (primary N) is 1. The van der Waals surface area contributed by atoms with Crippen LogP contribution in [-0.2, 0) is 0 Å². The van der Waals surface area contributed by atoms with Gasteiger partial charge in [-0.05, 0) is 36.6 Å². The first-order chi connectivity index (χ1) is 9.72. The second-order valence-corrected chi connectivity index (χ2v) is 6.99. The molecule has 0 unspecified atom stereocenters. The second-order valence-electron chi connectivity index (χ2n) is 5.24. The first-order valence-corrected chi connectivity index (χ1v) is 8.80. The van der Waals surface area contributed by atoms with E-state index in [1.165, 1.54) is 32.1 Å². The molecule has 0 aliphatic heterocycles. The zero-order valence-corrected chi connectivity index (χ0v) is 13.7. The van der Waals surface area contributed by atoms with Crippen molar-refractivity contribution in [3.05, 3.63) is 23.8 Å². The smallest absolute Gasteiger partial charge is 0.130 e. The molecule has 1 saturated carbocycles. The highest BCUT2D eigenvalue weighted by Gasteiger charge is 2.17. The Morgan fingerprint density at radius 1 is 1.35 bits per heavy atom. The standard InChI is InChI=1S/C16H23NOS2/c1-2-20-14-10-6-9-13(15(14)16(17)19)18-11-12-7-4-3-5-8-12/h6,9-10,12H,2-5,7-8,11H2,1H3,(H2,17,19). The summed E-state index contributed by atoms with van der Waals surface area (Å²) in [6.07, 6.45) is 6.61. The molecule has 0 aromatic heterocycles. The Morgan fingerprint density at radius 3 is 2.75 bits per heavy atom. The maximum Gasteiger partial charge on any atom is 0.130 e. The number of rotatable bonds is 6. The van der Waals surface area contributed by atoms with Crippen LogP contribution in [-0.4, -0.2) is 17.3 Å². The van der Waals surface area contributed by atoms with Crippen molar-refractivity contribution in [3.63, 3.8) is 0 Å². The number of thioether (sulfide) groups is 1. The molecule has 4 heteroatoms.